The van der Waals surface area contributed by atoms with E-state index in [-0.39, 0.29) is 0 Å². The molecule has 0 saturated carbocycles. The number of aliphatic hydroxyl groups is 1. The number of nitrogens with one attached hydrogen (secondary N) is 2. The van der Waals surface area contributed by atoms with Gasteiger partial charge in [-0.25, -0.2) is 0 Å². The normalized spacial score (nSPS) is 13.2. The fourth-order valence-electron chi connectivity index (χ4n) is 1.70. The van der Waals surface area contributed by atoms with Crippen molar-refractivity contribution in [3.8, 4) is 0 Å². The number of guanidine groups is 1. The van der Waals surface area contributed by atoms with Gasteiger partial charge in [-0.1, -0.05) is 11.6 Å². The quantitative estimate of drug-likeness (QED) is 0.364. The number of halogens is 1. The predicted molar refractivity (Wildman–Crippen MR) is 95.9 cm³/mol. The Kier molecular flexibility index (Phi) is 9.91. The molecule has 1 unspecified atom stereocenters. The SMILES string of the molecule is CCNC(=NCC(O)c1ccc(Cl)s1)NCCCCSC. The lowest BCUT2D eigenvalue weighted by atomic mass is 10.3. The van der Waals surface area contributed by atoms with Gasteiger partial charge in [-0.05, 0) is 43.9 Å². The van der Waals surface area contributed by atoms with E-state index in [1.807, 2.05) is 24.8 Å². The predicted octanol–water partition coefficient (Wildman–Crippen LogP) is 3.13. The van der Waals surface area contributed by atoms with Gasteiger partial charge in [0.15, 0.2) is 5.96 Å². The Labute approximate surface area is 140 Å². The summed E-state index contributed by atoms with van der Waals surface area (Å²) in [4.78, 5) is 5.27. The van der Waals surface area contributed by atoms with E-state index in [2.05, 4.69) is 21.9 Å². The monoisotopic (exact) mass is 349 g/mol. The Hall–Kier alpha value is -0.430. The zero-order chi connectivity index (χ0) is 15.5. The van der Waals surface area contributed by atoms with Crippen LogP contribution in [-0.4, -0.2) is 42.7 Å². The minimum Gasteiger partial charge on any atom is -0.386 e. The van der Waals surface area contributed by atoms with E-state index in [4.69, 9.17) is 11.6 Å². The van der Waals surface area contributed by atoms with E-state index in [9.17, 15) is 5.11 Å². The first kappa shape index (κ1) is 18.6. The zero-order valence-electron chi connectivity index (χ0n) is 12.6. The van der Waals surface area contributed by atoms with Crippen LogP contribution in [0.4, 0.5) is 0 Å². The fraction of sp³-hybridized carbons (Fsp3) is 0.643. The Morgan fingerprint density at radius 3 is 2.86 bits per heavy atom. The highest BCUT2D eigenvalue weighted by atomic mass is 35.5. The molecule has 1 aromatic rings. The summed E-state index contributed by atoms with van der Waals surface area (Å²) in [6.07, 6.45) is 3.84. The van der Waals surface area contributed by atoms with Crippen LogP contribution in [0.3, 0.4) is 0 Å². The number of aliphatic hydroxyl groups excluding tert-OH is 1. The molecule has 7 heteroatoms. The van der Waals surface area contributed by atoms with E-state index < -0.39 is 6.10 Å². The molecule has 0 aromatic carbocycles. The number of rotatable bonds is 9. The Bertz CT molecular complexity index is 426. The van der Waals surface area contributed by atoms with Gasteiger partial charge >= 0.3 is 0 Å². The van der Waals surface area contributed by atoms with Crippen molar-refractivity contribution in [1.29, 1.82) is 0 Å². The molecular weight excluding hydrogens is 326 g/mol. The summed E-state index contributed by atoms with van der Waals surface area (Å²) < 4.78 is 0.687. The molecule has 0 saturated heterocycles. The molecule has 0 fully saturated rings. The third-order valence-electron chi connectivity index (χ3n) is 2.76. The van der Waals surface area contributed by atoms with Crippen molar-refractivity contribution in [2.75, 3.05) is 31.6 Å². The van der Waals surface area contributed by atoms with Crippen molar-refractivity contribution >= 4 is 40.7 Å². The minimum absolute atomic E-state index is 0.330. The van der Waals surface area contributed by atoms with Crippen molar-refractivity contribution in [1.82, 2.24) is 10.6 Å². The van der Waals surface area contributed by atoms with Crippen molar-refractivity contribution in [2.24, 2.45) is 4.99 Å². The lowest BCUT2D eigenvalue weighted by Crippen LogP contribution is -2.38. The van der Waals surface area contributed by atoms with Crippen molar-refractivity contribution < 1.29 is 5.11 Å². The van der Waals surface area contributed by atoms with Gasteiger partial charge < -0.3 is 15.7 Å². The highest BCUT2D eigenvalue weighted by molar-refractivity contribution is 7.98. The van der Waals surface area contributed by atoms with Gasteiger partial charge in [0.05, 0.1) is 10.9 Å². The molecule has 0 radical (unpaired) electrons. The van der Waals surface area contributed by atoms with E-state index in [1.54, 1.807) is 6.07 Å². The lowest BCUT2D eigenvalue weighted by Gasteiger charge is -2.12. The molecule has 4 nitrogen and oxygen atoms in total. The fourth-order valence-corrected chi connectivity index (χ4v) is 3.23. The third kappa shape index (κ3) is 7.95. The smallest absolute Gasteiger partial charge is 0.191 e. The molecule has 0 aliphatic rings. The van der Waals surface area contributed by atoms with Gasteiger partial charge in [-0.2, -0.15) is 11.8 Å². The first-order chi connectivity index (χ1) is 10.2. The van der Waals surface area contributed by atoms with Gasteiger partial charge in [0.2, 0.25) is 0 Å². The summed E-state index contributed by atoms with van der Waals surface area (Å²) in [6.45, 7) is 4.06. The second kappa shape index (κ2) is 11.2. The van der Waals surface area contributed by atoms with Crippen LogP contribution in [0, 0.1) is 0 Å². The Balaban J connectivity index is 2.39. The number of hydrogen-bond donors (Lipinski definition) is 3. The number of thiophene rings is 1. The van der Waals surface area contributed by atoms with Crippen LogP contribution in [0.15, 0.2) is 17.1 Å². The molecule has 1 rings (SSSR count). The molecule has 0 aliphatic carbocycles. The summed E-state index contributed by atoms with van der Waals surface area (Å²) in [5.41, 5.74) is 0. The van der Waals surface area contributed by atoms with Crippen LogP contribution in [0.2, 0.25) is 4.34 Å². The third-order valence-corrected chi connectivity index (χ3v) is 4.79. The molecule has 1 atom stereocenters. The van der Waals surface area contributed by atoms with Gasteiger partial charge in [0, 0.05) is 18.0 Å². The minimum atomic E-state index is -0.602. The molecular formula is C14H24ClN3OS2. The van der Waals surface area contributed by atoms with Gasteiger partial charge in [0.1, 0.15) is 6.10 Å². The standard InChI is InChI=1S/C14H24ClN3OS2/c1-3-16-14(17-8-4-5-9-20-2)18-10-11(19)12-6-7-13(15)21-12/h6-7,11,19H,3-5,8-10H2,1-2H3,(H2,16,17,18). The summed E-state index contributed by atoms with van der Waals surface area (Å²) >= 11 is 9.13. The highest BCUT2D eigenvalue weighted by Gasteiger charge is 2.10. The number of aliphatic imine (C=N–C) groups is 1. The number of nitrogens with zero attached hydrogens (tertiary/aromatic N) is 1. The molecule has 3 N–H and O–H groups in total. The molecule has 1 aromatic heterocycles. The summed E-state index contributed by atoms with van der Waals surface area (Å²) in [6, 6.07) is 3.64. The van der Waals surface area contributed by atoms with Crippen LogP contribution < -0.4 is 10.6 Å². The second-order valence-corrected chi connectivity index (χ2v) is 7.24. The van der Waals surface area contributed by atoms with Gasteiger partial charge in [-0.3, -0.25) is 4.99 Å². The average molecular weight is 350 g/mol. The number of unbranched alkanes of at least 4 members (excludes halogenated alkanes) is 1. The van der Waals surface area contributed by atoms with Crippen LogP contribution in [0.5, 0.6) is 0 Å². The molecule has 120 valence electrons. The van der Waals surface area contributed by atoms with Gasteiger partial charge in [-0.15, -0.1) is 11.3 Å². The molecule has 0 amide bonds. The maximum absolute atomic E-state index is 10.1. The van der Waals surface area contributed by atoms with Crippen molar-refractivity contribution in [3.63, 3.8) is 0 Å². The Morgan fingerprint density at radius 2 is 2.24 bits per heavy atom. The van der Waals surface area contributed by atoms with E-state index >= 15 is 0 Å². The maximum atomic E-state index is 10.1. The molecule has 0 spiro atoms. The van der Waals surface area contributed by atoms with Crippen molar-refractivity contribution in [2.45, 2.75) is 25.9 Å². The second-order valence-electron chi connectivity index (χ2n) is 4.50. The van der Waals surface area contributed by atoms with Crippen LogP contribution >= 0.6 is 34.7 Å². The van der Waals surface area contributed by atoms with E-state index in [0.717, 1.165) is 30.3 Å². The van der Waals surface area contributed by atoms with Crippen LogP contribution in [0.1, 0.15) is 30.7 Å². The molecule has 0 bridgehead atoms. The zero-order valence-corrected chi connectivity index (χ0v) is 15.0. The summed E-state index contributed by atoms with van der Waals surface area (Å²) in [5.74, 6) is 1.94. The maximum Gasteiger partial charge on any atom is 0.191 e. The summed E-state index contributed by atoms with van der Waals surface area (Å²) in [7, 11) is 0. The van der Waals surface area contributed by atoms with Gasteiger partial charge in [0.25, 0.3) is 0 Å². The Morgan fingerprint density at radius 1 is 1.43 bits per heavy atom. The van der Waals surface area contributed by atoms with E-state index in [1.165, 1.54) is 23.5 Å². The lowest BCUT2D eigenvalue weighted by molar-refractivity contribution is 0.191. The van der Waals surface area contributed by atoms with Crippen LogP contribution in [0.25, 0.3) is 0 Å². The summed E-state index contributed by atoms with van der Waals surface area (Å²) in [5, 5.41) is 16.6. The molecule has 0 aliphatic heterocycles. The topological polar surface area (TPSA) is 56.7 Å². The highest BCUT2D eigenvalue weighted by Crippen LogP contribution is 2.26. The molecule has 1 heterocycles. The number of thioether (sulfide) groups is 1. The van der Waals surface area contributed by atoms with Crippen LogP contribution in [-0.2, 0) is 0 Å². The molecule has 21 heavy (non-hydrogen) atoms. The average Bonchev–Trinajstić information content (AvgIpc) is 2.90. The van der Waals surface area contributed by atoms with E-state index in [0.29, 0.717) is 10.9 Å². The number of hydrogen-bond acceptors (Lipinski definition) is 4. The first-order valence-corrected chi connectivity index (χ1v) is 9.70. The van der Waals surface area contributed by atoms with Crippen molar-refractivity contribution in [3.05, 3.63) is 21.3 Å². The first-order valence-electron chi connectivity index (χ1n) is 7.11. The largest absolute Gasteiger partial charge is 0.386 e.